The van der Waals surface area contributed by atoms with Crippen molar-refractivity contribution in [2.75, 3.05) is 10.0 Å². The van der Waals surface area contributed by atoms with Gasteiger partial charge in [-0.15, -0.1) is 0 Å². The zero-order valence-electron chi connectivity index (χ0n) is 14.4. The van der Waals surface area contributed by atoms with Crippen LogP contribution in [0.15, 0.2) is 82.2 Å². The first-order valence-corrected chi connectivity index (χ1v) is 10.4. The van der Waals surface area contributed by atoms with Crippen molar-refractivity contribution in [3.8, 4) is 0 Å². The molecule has 0 saturated carbocycles. The molecule has 0 saturated heterocycles. The highest BCUT2D eigenvalue weighted by Crippen LogP contribution is 2.20. The van der Waals surface area contributed by atoms with E-state index < -0.39 is 10.0 Å². The molecule has 7 heteroatoms. The van der Waals surface area contributed by atoms with Gasteiger partial charge >= 0.3 is 0 Å². The highest BCUT2D eigenvalue weighted by Gasteiger charge is 2.16. The van der Waals surface area contributed by atoms with Gasteiger partial charge in [0.25, 0.3) is 15.9 Å². The van der Waals surface area contributed by atoms with Crippen molar-refractivity contribution in [2.24, 2.45) is 0 Å². The molecule has 0 unspecified atom stereocenters. The SMILES string of the molecule is Cc1ccc(NS(=O)(=O)c2cccc(C(=O)Nc3cccc(Br)c3)c2)cc1. The maximum Gasteiger partial charge on any atom is 0.261 e. The summed E-state index contributed by atoms with van der Waals surface area (Å²) in [7, 11) is -3.80. The number of rotatable bonds is 5. The molecule has 2 N–H and O–H groups in total. The number of hydrogen-bond donors (Lipinski definition) is 2. The van der Waals surface area contributed by atoms with Gasteiger partial charge in [-0.3, -0.25) is 9.52 Å². The molecule has 0 fully saturated rings. The van der Waals surface area contributed by atoms with E-state index in [0.29, 0.717) is 11.4 Å². The van der Waals surface area contributed by atoms with Gasteiger partial charge in [-0.1, -0.05) is 45.8 Å². The normalized spacial score (nSPS) is 11.0. The summed E-state index contributed by atoms with van der Waals surface area (Å²) >= 11 is 3.34. The van der Waals surface area contributed by atoms with Crippen LogP contribution in [0.2, 0.25) is 0 Å². The van der Waals surface area contributed by atoms with E-state index in [0.717, 1.165) is 10.0 Å². The van der Waals surface area contributed by atoms with Gasteiger partial charge < -0.3 is 5.32 Å². The van der Waals surface area contributed by atoms with Crippen molar-refractivity contribution in [2.45, 2.75) is 11.8 Å². The van der Waals surface area contributed by atoms with Gasteiger partial charge in [0.05, 0.1) is 4.90 Å². The number of hydrogen-bond acceptors (Lipinski definition) is 3. The van der Waals surface area contributed by atoms with Crippen molar-refractivity contribution < 1.29 is 13.2 Å². The van der Waals surface area contributed by atoms with Gasteiger partial charge in [0, 0.05) is 21.4 Å². The summed E-state index contributed by atoms with van der Waals surface area (Å²) < 4.78 is 28.6. The van der Waals surface area contributed by atoms with E-state index in [9.17, 15) is 13.2 Å². The molecule has 5 nitrogen and oxygen atoms in total. The van der Waals surface area contributed by atoms with Gasteiger partial charge in [-0.2, -0.15) is 0 Å². The van der Waals surface area contributed by atoms with Crippen molar-refractivity contribution in [1.29, 1.82) is 0 Å². The molecule has 0 spiro atoms. The predicted octanol–water partition coefficient (Wildman–Crippen LogP) is 4.81. The molecule has 0 radical (unpaired) electrons. The standard InChI is InChI=1S/C20H17BrN2O3S/c1-14-8-10-17(11-9-14)23-27(25,26)19-7-2-4-15(12-19)20(24)22-18-6-3-5-16(21)13-18/h2-13,23H,1H3,(H,22,24). The number of carbonyl (C=O) groups excluding carboxylic acids is 1. The number of anilines is 2. The lowest BCUT2D eigenvalue weighted by Gasteiger charge is -2.10. The van der Waals surface area contributed by atoms with Crippen LogP contribution in [0.4, 0.5) is 11.4 Å². The fourth-order valence-electron chi connectivity index (χ4n) is 2.41. The van der Waals surface area contributed by atoms with Gasteiger partial charge in [0.1, 0.15) is 0 Å². The molecule has 0 aromatic heterocycles. The van der Waals surface area contributed by atoms with E-state index in [-0.39, 0.29) is 16.4 Å². The summed E-state index contributed by atoms with van der Waals surface area (Å²) in [6.07, 6.45) is 0. The molecule has 3 aromatic carbocycles. The quantitative estimate of drug-likeness (QED) is 0.592. The zero-order valence-corrected chi connectivity index (χ0v) is 16.8. The minimum atomic E-state index is -3.80. The van der Waals surface area contributed by atoms with Crippen molar-refractivity contribution >= 4 is 43.2 Å². The average Bonchev–Trinajstić information content (AvgIpc) is 2.63. The number of benzene rings is 3. The molecule has 0 aliphatic rings. The molecule has 27 heavy (non-hydrogen) atoms. The molecule has 1 amide bonds. The second kappa shape index (κ2) is 7.94. The first-order valence-electron chi connectivity index (χ1n) is 8.10. The predicted molar refractivity (Wildman–Crippen MR) is 111 cm³/mol. The van der Waals surface area contributed by atoms with Gasteiger partial charge in [-0.05, 0) is 55.5 Å². The van der Waals surface area contributed by atoms with E-state index in [1.165, 1.54) is 12.1 Å². The monoisotopic (exact) mass is 444 g/mol. The van der Waals surface area contributed by atoms with Crippen LogP contribution < -0.4 is 10.0 Å². The Morgan fingerprint density at radius 2 is 1.59 bits per heavy atom. The summed E-state index contributed by atoms with van der Waals surface area (Å²) in [6, 6.07) is 20.1. The molecule has 3 aromatic rings. The lowest BCUT2D eigenvalue weighted by Crippen LogP contribution is -2.16. The summed E-state index contributed by atoms with van der Waals surface area (Å²) in [6.45, 7) is 1.92. The number of sulfonamides is 1. The molecule has 0 heterocycles. The lowest BCUT2D eigenvalue weighted by molar-refractivity contribution is 0.102. The maximum atomic E-state index is 12.6. The Morgan fingerprint density at radius 3 is 2.30 bits per heavy atom. The second-order valence-corrected chi connectivity index (χ2v) is 8.56. The molecule has 0 atom stereocenters. The summed E-state index contributed by atoms with van der Waals surface area (Å²) in [4.78, 5) is 12.5. The minimum absolute atomic E-state index is 0.0185. The molecule has 0 aliphatic heterocycles. The molecular weight excluding hydrogens is 428 g/mol. The second-order valence-electron chi connectivity index (χ2n) is 5.96. The van der Waals surface area contributed by atoms with Crippen LogP contribution in [0.1, 0.15) is 15.9 Å². The average molecular weight is 445 g/mol. The lowest BCUT2D eigenvalue weighted by atomic mass is 10.2. The van der Waals surface area contributed by atoms with Gasteiger partial charge in [-0.25, -0.2) is 8.42 Å². The Labute approximate surface area is 166 Å². The third-order valence-electron chi connectivity index (χ3n) is 3.79. The maximum absolute atomic E-state index is 12.6. The molecule has 0 bridgehead atoms. The molecular formula is C20H17BrN2O3S. The Morgan fingerprint density at radius 1 is 0.889 bits per heavy atom. The third kappa shape index (κ3) is 4.96. The van der Waals surface area contributed by atoms with Crippen LogP contribution in [0.5, 0.6) is 0 Å². The molecule has 0 aliphatic carbocycles. The summed E-state index contributed by atoms with van der Waals surface area (Å²) in [5.41, 5.74) is 2.36. The summed E-state index contributed by atoms with van der Waals surface area (Å²) in [5.74, 6) is -0.388. The van der Waals surface area contributed by atoms with Crippen molar-refractivity contribution in [3.63, 3.8) is 0 Å². The first kappa shape index (κ1) is 19.1. The Balaban J connectivity index is 1.81. The molecule has 138 valence electrons. The van der Waals surface area contributed by atoms with E-state index >= 15 is 0 Å². The Bertz CT molecular complexity index is 1080. The third-order valence-corrected chi connectivity index (χ3v) is 5.67. The van der Waals surface area contributed by atoms with Gasteiger partial charge in [0.2, 0.25) is 0 Å². The van der Waals surface area contributed by atoms with Crippen LogP contribution in [-0.4, -0.2) is 14.3 Å². The van der Waals surface area contributed by atoms with Crippen LogP contribution >= 0.6 is 15.9 Å². The first-order chi connectivity index (χ1) is 12.8. The highest BCUT2D eigenvalue weighted by atomic mass is 79.9. The van der Waals surface area contributed by atoms with Crippen LogP contribution in [0.25, 0.3) is 0 Å². The van der Waals surface area contributed by atoms with E-state index in [4.69, 9.17) is 0 Å². The molecule has 3 rings (SSSR count). The van der Waals surface area contributed by atoms with Crippen LogP contribution in [0, 0.1) is 6.92 Å². The fraction of sp³-hybridized carbons (Fsp3) is 0.0500. The summed E-state index contributed by atoms with van der Waals surface area (Å²) in [5, 5.41) is 2.75. The van der Waals surface area contributed by atoms with E-state index in [1.807, 2.05) is 25.1 Å². The smallest absolute Gasteiger partial charge is 0.261 e. The Kier molecular flexibility index (Phi) is 5.62. The van der Waals surface area contributed by atoms with Gasteiger partial charge in [0.15, 0.2) is 0 Å². The minimum Gasteiger partial charge on any atom is -0.322 e. The highest BCUT2D eigenvalue weighted by molar-refractivity contribution is 9.10. The number of nitrogens with one attached hydrogen (secondary N) is 2. The van der Waals surface area contributed by atoms with Crippen molar-refractivity contribution in [3.05, 3.63) is 88.4 Å². The van der Waals surface area contributed by atoms with Crippen LogP contribution in [0.3, 0.4) is 0 Å². The fourth-order valence-corrected chi connectivity index (χ4v) is 3.91. The largest absolute Gasteiger partial charge is 0.322 e. The zero-order chi connectivity index (χ0) is 19.4. The Hall–Kier alpha value is -2.64. The number of amides is 1. The number of halogens is 1. The number of aryl methyl sites for hydroxylation is 1. The van der Waals surface area contributed by atoms with Crippen molar-refractivity contribution in [1.82, 2.24) is 0 Å². The van der Waals surface area contributed by atoms with E-state index in [2.05, 4.69) is 26.0 Å². The van der Waals surface area contributed by atoms with E-state index in [1.54, 1.807) is 42.5 Å². The van der Waals surface area contributed by atoms with Crippen LogP contribution in [-0.2, 0) is 10.0 Å². The topological polar surface area (TPSA) is 75.3 Å². The number of carbonyl (C=O) groups is 1.